The molecular formula is C18H19F3N4O3. The van der Waals surface area contributed by atoms with Gasteiger partial charge in [-0.05, 0) is 18.1 Å². The number of hydrogen-bond acceptors (Lipinski definition) is 6. The highest BCUT2D eigenvalue weighted by atomic mass is 19.4. The largest absolute Gasteiger partial charge is 0.491 e. The molecule has 1 aromatic carbocycles. The smallest absolute Gasteiger partial charge is 0.419 e. The fraction of sp³-hybridized carbons (Fsp3) is 0.389. The highest BCUT2D eigenvalue weighted by molar-refractivity contribution is 5.97. The Balaban J connectivity index is 1.77. The zero-order valence-electron chi connectivity index (χ0n) is 15.3. The van der Waals surface area contributed by atoms with Gasteiger partial charge in [-0.25, -0.2) is 15.4 Å². The van der Waals surface area contributed by atoms with Crippen molar-refractivity contribution in [1.82, 2.24) is 15.4 Å². The molecule has 0 aliphatic carbocycles. The van der Waals surface area contributed by atoms with E-state index >= 15 is 0 Å². The second-order valence-electron chi connectivity index (χ2n) is 6.62. The summed E-state index contributed by atoms with van der Waals surface area (Å²) in [5, 5.41) is 2.83. The molecule has 1 aliphatic heterocycles. The third kappa shape index (κ3) is 4.50. The number of nitrogens with one attached hydrogen (secondary N) is 2. The first-order valence-corrected chi connectivity index (χ1v) is 8.62. The van der Waals surface area contributed by atoms with E-state index in [2.05, 4.69) is 20.8 Å². The fourth-order valence-electron chi connectivity index (χ4n) is 2.60. The number of carbonyl (C=O) groups is 1. The number of hydroxylamine groups is 1. The topological polar surface area (TPSA) is 85.4 Å². The van der Waals surface area contributed by atoms with E-state index in [1.54, 1.807) is 12.1 Å². The molecule has 0 unspecified atom stereocenters. The van der Waals surface area contributed by atoms with Gasteiger partial charge in [-0.15, -0.1) is 0 Å². The Kier molecular flexibility index (Phi) is 5.68. The minimum atomic E-state index is -4.50. The summed E-state index contributed by atoms with van der Waals surface area (Å²) in [5.74, 6) is 0.313. The van der Waals surface area contributed by atoms with Gasteiger partial charge in [0.15, 0.2) is 0 Å². The second-order valence-corrected chi connectivity index (χ2v) is 6.62. The van der Waals surface area contributed by atoms with E-state index in [0.717, 1.165) is 0 Å². The van der Waals surface area contributed by atoms with Crippen LogP contribution in [0.1, 0.15) is 35.3 Å². The number of ether oxygens (including phenoxy) is 1. The number of hydrogen-bond donors (Lipinski definition) is 2. The minimum absolute atomic E-state index is 0.0110. The van der Waals surface area contributed by atoms with Crippen LogP contribution in [0.4, 0.5) is 24.8 Å². The summed E-state index contributed by atoms with van der Waals surface area (Å²) >= 11 is 0. The lowest BCUT2D eigenvalue weighted by molar-refractivity contribution is -0.138. The van der Waals surface area contributed by atoms with Gasteiger partial charge in [0, 0.05) is 29.9 Å². The molecule has 1 aliphatic rings. The lowest BCUT2D eigenvalue weighted by Gasteiger charge is -2.13. The molecule has 10 heteroatoms. The monoisotopic (exact) mass is 396 g/mol. The van der Waals surface area contributed by atoms with Gasteiger partial charge >= 0.3 is 6.18 Å². The minimum Gasteiger partial charge on any atom is -0.491 e. The highest BCUT2D eigenvalue weighted by Crippen LogP contribution is 2.37. The van der Waals surface area contributed by atoms with Crippen LogP contribution in [0.25, 0.3) is 0 Å². The maximum Gasteiger partial charge on any atom is 0.419 e. The van der Waals surface area contributed by atoms with Crippen molar-refractivity contribution in [2.24, 2.45) is 5.92 Å². The molecule has 28 heavy (non-hydrogen) atoms. The molecular weight excluding hydrogens is 377 g/mol. The number of alkyl halides is 3. The summed E-state index contributed by atoms with van der Waals surface area (Å²) in [6.07, 6.45) is -2.59. The Morgan fingerprint density at radius 2 is 2.00 bits per heavy atom. The summed E-state index contributed by atoms with van der Waals surface area (Å²) < 4.78 is 43.4. The Labute approximate surface area is 159 Å². The highest BCUT2D eigenvalue weighted by Gasteiger charge is 2.31. The van der Waals surface area contributed by atoms with Crippen LogP contribution in [0.5, 0.6) is 5.75 Å². The van der Waals surface area contributed by atoms with Crippen molar-refractivity contribution >= 4 is 17.5 Å². The van der Waals surface area contributed by atoms with Crippen LogP contribution in [0, 0.1) is 5.92 Å². The van der Waals surface area contributed by atoms with E-state index in [1.165, 1.54) is 0 Å². The first-order chi connectivity index (χ1) is 13.3. The maximum atomic E-state index is 12.6. The molecule has 0 atom stereocenters. The second kappa shape index (κ2) is 8.01. The Morgan fingerprint density at radius 1 is 1.29 bits per heavy atom. The van der Waals surface area contributed by atoms with Crippen molar-refractivity contribution in [3.63, 3.8) is 0 Å². The lowest BCUT2D eigenvalue weighted by Crippen LogP contribution is -2.26. The number of fused-ring (bicyclic) bond motifs is 1. The fourth-order valence-corrected chi connectivity index (χ4v) is 2.60. The molecule has 2 aromatic rings. The number of nitrogens with zero attached hydrogens (tertiary/aromatic N) is 2. The Morgan fingerprint density at radius 3 is 2.64 bits per heavy atom. The van der Waals surface area contributed by atoms with Gasteiger partial charge in [0.05, 0.1) is 24.5 Å². The molecule has 7 nitrogen and oxygen atoms in total. The molecule has 1 aromatic heterocycles. The zero-order valence-corrected chi connectivity index (χ0v) is 15.3. The molecule has 0 saturated carbocycles. The zero-order chi connectivity index (χ0) is 20.3. The van der Waals surface area contributed by atoms with Crippen LogP contribution in [0.15, 0.2) is 24.5 Å². The van der Waals surface area contributed by atoms with E-state index in [-0.39, 0.29) is 17.8 Å². The van der Waals surface area contributed by atoms with Gasteiger partial charge in [-0.2, -0.15) is 13.2 Å². The van der Waals surface area contributed by atoms with Gasteiger partial charge in [-0.1, -0.05) is 13.8 Å². The predicted molar refractivity (Wildman–Crippen MR) is 94.2 cm³/mol. The standard InChI is InChI=1S/C18H19F3N4O3/c1-10(2)9-28-25-16(26)13-3-4-14(15-12(13)5-6-27-15)24-17-22-7-11(8-23-17)18(19,20)21/h3-4,7-8,10H,5-6,9H2,1-2H3,(H,25,26)(H,22,23,24). The summed E-state index contributed by atoms with van der Waals surface area (Å²) in [4.78, 5) is 24.9. The van der Waals surface area contributed by atoms with Gasteiger partial charge < -0.3 is 10.1 Å². The lowest BCUT2D eigenvalue weighted by atomic mass is 10.0. The normalized spacial score (nSPS) is 13.2. The molecule has 1 amide bonds. The molecule has 2 N–H and O–H groups in total. The van der Waals surface area contributed by atoms with E-state index < -0.39 is 11.7 Å². The molecule has 2 heterocycles. The summed E-state index contributed by atoms with van der Waals surface area (Å²) in [7, 11) is 0. The van der Waals surface area contributed by atoms with Gasteiger partial charge in [-0.3, -0.25) is 9.63 Å². The predicted octanol–water partition coefficient (Wildman–Crippen LogP) is 3.49. The van der Waals surface area contributed by atoms with Crippen molar-refractivity contribution < 1.29 is 27.5 Å². The molecule has 150 valence electrons. The van der Waals surface area contributed by atoms with Crippen molar-refractivity contribution in [2.75, 3.05) is 18.5 Å². The van der Waals surface area contributed by atoms with Crippen LogP contribution < -0.4 is 15.5 Å². The van der Waals surface area contributed by atoms with Gasteiger partial charge in [0.1, 0.15) is 5.75 Å². The van der Waals surface area contributed by atoms with E-state index in [4.69, 9.17) is 9.57 Å². The molecule has 0 saturated heterocycles. The number of anilines is 2. The first kappa shape index (κ1) is 19.9. The van der Waals surface area contributed by atoms with E-state index in [0.29, 0.717) is 54.6 Å². The van der Waals surface area contributed by atoms with Crippen LogP contribution in [0.2, 0.25) is 0 Å². The molecule has 0 bridgehead atoms. The van der Waals surface area contributed by atoms with Gasteiger partial charge in [0.2, 0.25) is 5.95 Å². The number of rotatable bonds is 6. The van der Waals surface area contributed by atoms with E-state index in [9.17, 15) is 18.0 Å². The average Bonchev–Trinajstić information content (AvgIpc) is 3.11. The third-order valence-electron chi connectivity index (χ3n) is 3.91. The van der Waals surface area contributed by atoms with Crippen LogP contribution in [-0.4, -0.2) is 29.1 Å². The summed E-state index contributed by atoms with van der Waals surface area (Å²) in [5.41, 5.74) is 3.03. The van der Waals surface area contributed by atoms with Crippen LogP contribution in [0.3, 0.4) is 0 Å². The number of halogens is 3. The SMILES string of the molecule is CC(C)CONC(=O)c1ccc(Nc2ncc(C(F)(F)F)cn2)c2c1CCO2. The van der Waals surface area contributed by atoms with Crippen molar-refractivity contribution in [3.8, 4) is 5.75 Å². The third-order valence-corrected chi connectivity index (χ3v) is 3.91. The molecule has 3 rings (SSSR count). The number of amides is 1. The summed E-state index contributed by atoms with van der Waals surface area (Å²) in [6, 6.07) is 3.18. The molecule has 0 fully saturated rings. The Hall–Kier alpha value is -2.88. The van der Waals surface area contributed by atoms with Crippen molar-refractivity contribution in [3.05, 3.63) is 41.2 Å². The van der Waals surface area contributed by atoms with Gasteiger partial charge in [0.25, 0.3) is 5.91 Å². The first-order valence-electron chi connectivity index (χ1n) is 8.62. The maximum absolute atomic E-state index is 12.6. The number of aromatic nitrogens is 2. The average molecular weight is 396 g/mol. The van der Waals surface area contributed by atoms with Crippen molar-refractivity contribution in [1.29, 1.82) is 0 Å². The molecule has 0 spiro atoms. The van der Waals surface area contributed by atoms with Crippen LogP contribution in [-0.2, 0) is 17.4 Å². The van der Waals surface area contributed by atoms with E-state index in [1.807, 2.05) is 13.8 Å². The number of carbonyl (C=O) groups excluding carboxylic acids is 1. The summed E-state index contributed by atoms with van der Waals surface area (Å²) in [6.45, 7) is 4.69. The Bertz CT molecular complexity index is 854. The number of benzene rings is 1. The quantitative estimate of drug-likeness (QED) is 0.727. The molecule has 0 radical (unpaired) electrons. The van der Waals surface area contributed by atoms with Crippen molar-refractivity contribution in [2.45, 2.75) is 26.4 Å². The van der Waals surface area contributed by atoms with Crippen LogP contribution >= 0.6 is 0 Å².